The van der Waals surface area contributed by atoms with Gasteiger partial charge in [-0.1, -0.05) is 102 Å². The fraction of sp³-hybridized carbons (Fsp3) is 0.250. The zero-order valence-electron chi connectivity index (χ0n) is 35.8. The van der Waals surface area contributed by atoms with E-state index in [1.165, 1.54) is 36.5 Å². The summed E-state index contributed by atoms with van der Waals surface area (Å²) >= 11 is 12.0. The molecule has 346 valence electrons. The first-order chi connectivity index (χ1) is 31.6. The van der Waals surface area contributed by atoms with Crippen LogP contribution in [0.2, 0.25) is 10.0 Å². The molecule has 2 amide bonds. The summed E-state index contributed by atoms with van der Waals surface area (Å²) in [5, 5.41) is 25.8. The molecule has 0 aliphatic carbocycles. The van der Waals surface area contributed by atoms with Crippen LogP contribution in [0.3, 0.4) is 0 Å². The van der Waals surface area contributed by atoms with Gasteiger partial charge in [0.15, 0.2) is 5.69 Å². The van der Waals surface area contributed by atoms with Crippen molar-refractivity contribution >= 4 is 47.0 Å². The fourth-order valence-corrected chi connectivity index (χ4v) is 7.27. The number of carbonyl (C=O) groups excluding carboxylic acids is 3. The van der Waals surface area contributed by atoms with Crippen LogP contribution in [0.15, 0.2) is 121 Å². The minimum atomic E-state index is -1.34. The van der Waals surface area contributed by atoms with Crippen LogP contribution >= 0.6 is 23.2 Å². The molecule has 0 radical (unpaired) electrons. The van der Waals surface area contributed by atoms with E-state index in [4.69, 9.17) is 45.1 Å². The average molecular weight is 944 g/mol. The third-order valence-electron chi connectivity index (χ3n) is 10.3. The molecule has 1 heterocycles. The topological polar surface area (TPSA) is 241 Å². The summed E-state index contributed by atoms with van der Waals surface area (Å²) in [6, 6.07) is 28.1. The quantitative estimate of drug-likeness (QED) is 0.0437. The second-order valence-corrected chi connectivity index (χ2v) is 16.2. The van der Waals surface area contributed by atoms with Gasteiger partial charge in [0.2, 0.25) is 5.91 Å². The number of aliphatic carboxylic acids is 1. The zero-order chi connectivity index (χ0) is 47.8. The molecule has 0 spiro atoms. The molecule has 0 saturated heterocycles. The Bertz CT molecular complexity index is 2540. The summed E-state index contributed by atoms with van der Waals surface area (Å²) in [6.45, 7) is 2.03. The van der Waals surface area contributed by atoms with Crippen molar-refractivity contribution < 1.29 is 37.8 Å². The Balaban J connectivity index is 0.000000279. The SMILES string of the molecule is CCOC(=O)[C@H](N)C[C@H](N)Cc1ccc(-c2cc(Cl)ccc2F)cc1.N[C@@H](Cc1ccccc1)C(=O)N[C@H](C[C@@H](Cc1ccc(-c2cc(Cl)ccc2F)cc1)NC(=O)c1cn[nH]n1)C(=O)O. The summed E-state index contributed by atoms with van der Waals surface area (Å²) < 4.78 is 33.1. The predicted octanol–water partition coefficient (Wildman–Crippen LogP) is 6.43. The Morgan fingerprint density at radius 2 is 1.26 bits per heavy atom. The van der Waals surface area contributed by atoms with E-state index in [9.17, 15) is 33.1 Å². The molecule has 66 heavy (non-hydrogen) atoms. The standard InChI is InChI=1S/C29H28ClFN6O4.C19H22ClFN2O2/c30-20-10-11-23(31)22(14-20)19-8-6-18(7-9-19)12-21(34-28(39)26-16-33-37-36-26)15-25(29(40)41)35-27(38)24(32)13-17-4-2-1-3-5-17;1-2-25-19(24)18(23)11-15(22)9-12-3-5-13(6-4-12)16-10-14(20)7-8-17(16)21/h1-11,14,16,21,24-25H,12-13,15,32H2,(H,34,39)(H,35,38)(H,40,41)(H,33,36,37);3-8,10,15,18H,2,9,11,22-23H2,1H3/t21-,24+,25-;15-,18-/m11/s1. The third kappa shape index (κ3) is 15.3. The van der Waals surface area contributed by atoms with Crippen molar-refractivity contribution in [3.8, 4) is 22.3 Å². The summed E-state index contributed by atoms with van der Waals surface area (Å²) in [7, 11) is 0. The van der Waals surface area contributed by atoms with Crippen LogP contribution in [0.5, 0.6) is 0 Å². The number of carboxylic acid groups (broad SMARTS) is 1. The van der Waals surface area contributed by atoms with Crippen LogP contribution in [0.1, 0.15) is 46.9 Å². The number of esters is 1. The highest BCUT2D eigenvalue weighted by molar-refractivity contribution is 6.31. The zero-order valence-corrected chi connectivity index (χ0v) is 37.3. The number of carboxylic acids is 1. The number of benzene rings is 5. The maximum absolute atomic E-state index is 14.3. The molecule has 6 rings (SSSR count). The number of halogens is 4. The van der Waals surface area contributed by atoms with Crippen LogP contribution < -0.4 is 27.8 Å². The van der Waals surface area contributed by atoms with Crippen molar-refractivity contribution in [1.29, 1.82) is 0 Å². The van der Waals surface area contributed by atoms with Gasteiger partial charge in [0.05, 0.1) is 18.8 Å². The van der Waals surface area contributed by atoms with Gasteiger partial charge in [-0.15, -0.1) is 0 Å². The van der Waals surface area contributed by atoms with E-state index in [0.29, 0.717) is 46.2 Å². The second-order valence-electron chi connectivity index (χ2n) is 15.4. The number of nitrogens with one attached hydrogen (secondary N) is 3. The van der Waals surface area contributed by atoms with Crippen LogP contribution in [-0.2, 0) is 38.4 Å². The Labute approximate surface area is 390 Å². The maximum Gasteiger partial charge on any atom is 0.326 e. The molecule has 14 nitrogen and oxygen atoms in total. The van der Waals surface area contributed by atoms with Crippen LogP contribution in [-0.4, -0.2) is 81.1 Å². The van der Waals surface area contributed by atoms with Crippen molar-refractivity contribution in [3.05, 3.63) is 166 Å². The highest BCUT2D eigenvalue weighted by Crippen LogP contribution is 2.28. The molecule has 0 bridgehead atoms. The van der Waals surface area contributed by atoms with Gasteiger partial charge in [-0.2, -0.15) is 15.4 Å². The number of aromatic amines is 1. The summed E-state index contributed by atoms with van der Waals surface area (Å²) in [4.78, 5) is 49.2. The van der Waals surface area contributed by atoms with E-state index in [1.807, 2.05) is 54.6 Å². The van der Waals surface area contributed by atoms with Crippen molar-refractivity contribution in [3.63, 3.8) is 0 Å². The lowest BCUT2D eigenvalue weighted by molar-refractivity contribution is -0.145. The lowest BCUT2D eigenvalue weighted by atomic mass is 9.96. The highest BCUT2D eigenvalue weighted by atomic mass is 35.5. The van der Waals surface area contributed by atoms with Gasteiger partial charge in [-0.3, -0.25) is 14.4 Å². The summed E-state index contributed by atoms with van der Waals surface area (Å²) in [6.07, 6.45) is 2.42. The molecule has 0 aliphatic rings. The van der Waals surface area contributed by atoms with E-state index < -0.39 is 53.7 Å². The Hall–Kier alpha value is -6.56. The number of nitrogens with two attached hydrogens (primary N) is 3. The van der Waals surface area contributed by atoms with Crippen molar-refractivity contribution in [2.45, 2.75) is 69.2 Å². The molecule has 5 atom stereocenters. The Kier molecular flexibility index (Phi) is 18.8. The first-order valence-electron chi connectivity index (χ1n) is 20.9. The van der Waals surface area contributed by atoms with Crippen LogP contribution in [0.4, 0.5) is 8.78 Å². The van der Waals surface area contributed by atoms with Gasteiger partial charge < -0.3 is 37.7 Å². The van der Waals surface area contributed by atoms with Crippen LogP contribution in [0.25, 0.3) is 22.3 Å². The first-order valence-corrected chi connectivity index (χ1v) is 21.6. The molecule has 1 aromatic heterocycles. The molecule has 5 aromatic carbocycles. The normalized spacial score (nSPS) is 13.2. The van der Waals surface area contributed by atoms with Crippen molar-refractivity contribution in [2.24, 2.45) is 17.2 Å². The molecular weight excluding hydrogens is 893 g/mol. The highest BCUT2D eigenvalue weighted by Gasteiger charge is 2.28. The number of ether oxygens (including phenoxy) is 1. The van der Waals surface area contributed by atoms with Gasteiger partial charge in [0.1, 0.15) is 23.7 Å². The number of aromatic nitrogens is 3. The molecule has 10 N–H and O–H groups in total. The van der Waals surface area contributed by atoms with E-state index >= 15 is 0 Å². The maximum atomic E-state index is 14.3. The molecule has 0 fully saturated rings. The van der Waals surface area contributed by atoms with Gasteiger partial charge in [0, 0.05) is 33.3 Å². The lowest BCUT2D eigenvalue weighted by Crippen LogP contribution is -2.52. The number of hydrogen-bond donors (Lipinski definition) is 7. The van der Waals surface area contributed by atoms with E-state index in [1.54, 1.807) is 37.3 Å². The third-order valence-corrected chi connectivity index (χ3v) is 10.7. The van der Waals surface area contributed by atoms with Crippen molar-refractivity contribution in [1.82, 2.24) is 26.0 Å². The average Bonchev–Trinajstić information content (AvgIpc) is 3.85. The summed E-state index contributed by atoms with van der Waals surface area (Å²) in [5.41, 5.74) is 22.6. The number of nitrogens with zero attached hydrogens (tertiary/aromatic N) is 2. The van der Waals surface area contributed by atoms with Crippen molar-refractivity contribution in [2.75, 3.05) is 6.61 Å². The minimum absolute atomic E-state index is 0.0163. The number of H-pyrrole nitrogens is 1. The van der Waals surface area contributed by atoms with E-state index in [2.05, 4.69) is 26.0 Å². The molecule has 18 heteroatoms. The monoisotopic (exact) mass is 942 g/mol. The Morgan fingerprint density at radius 3 is 1.77 bits per heavy atom. The number of carbonyl (C=O) groups is 4. The van der Waals surface area contributed by atoms with Gasteiger partial charge in [-0.25, -0.2) is 13.6 Å². The van der Waals surface area contributed by atoms with Gasteiger partial charge in [-0.05, 0) is 103 Å². The van der Waals surface area contributed by atoms with E-state index in [0.717, 1.165) is 22.3 Å². The number of rotatable bonds is 19. The molecule has 0 aliphatic heterocycles. The Morgan fingerprint density at radius 1 is 0.712 bits per heavy atom. The smallest absolute Gasteiger partial charge is 0.326 e. The molecule has 6 aromatic rings. The number of hydrogen-bond acceptors (Lipinski definition) is 10. The van der Waals surface area contributed by atoms with Crippen LogP contribution in [0, 0.1) is 11.6 Å². The van der Waals surface area contributed by atoms with Gasteiger partial charge in [0.25, 0.3) is 5.91 Å². The lowest BCUT2D eigenvalue weighted by Gasteiger charge is -2.24. The fourth-order valence-electron chi connectivity index (χ4n) is 6.93. The molecular formula is C48H50Cl2F2N8O6. The summed E-state index contributed by atoms with van der Waals surface area (Å²) in [5.74, 6) is -3.67. The first kappa shape index (κ1) is 50.4. The molecule has 0 saturated carbocycles. The molecule has 0 unspecified atom stereocenters. The largest absolute Gasteiger partial charge is 0.480 e. The second kappa shape index (κ2) is 24.7. The van der Waals surface area contributed by atoms with Gasteiger partial charge >= 0.3 is 11.9 Å². The predicted molar refractivity (Wildman–Crippen MR) is 248 cm³/mol. The number of amides is 2. The van der Waals surface area contributed by atoms with E-state index in [-0.39, 0.29) is 36.8 Å². The minimum Gasteiger partial charge on any atom is -0.480 e.